The van der Waals surface area contributed by atoms with Crippen molar-refractivity contribution in [3.63, 3.8) is 0 Å². The number of nitrogens with two attached hydrogens (primary N) is 1. The van der Waals surface area contributed by atoms with Crippen LogP contribution in [0.2, 0.25) is 0 Å². The fraction of sp³-hybridized carbons (Fsp3) is 0.320. The average Bonchev–Trinajstić information content (AvgIpc) is 3.35. The van der Waals surface area contributed by atoms with Gasteiger partial charge in [0.15, 0.2) is 5.82 Å². The molecule has 1 saturated heterocycles. The third kappa shape index (κ3) is 3.75. The lowest BCUT2D eigenvalue weighted by atomic mass is 10.0. The highest BCUT2D eigenvalue weighted by Crippen LogP contribution is 2.31. The Bertz CT molecular complexity index is 1400. The van der Waals surface area contributed by atoms with Gasteiger partial charge >= 0.3 is 0 Å². The molecule has 4 aromatic rings. The summed E-state index contributed by atoms with van der Waals surface area (Å²) in [6.45, 7) is 4.15. The van der Waals surface area contributed by atoms with Crippen LogP contribution >= 0.6 is 12.4 Å². The highest BCUT2D eigenvalue weighted by Gasteiger charge is 2.25. The third-order valence-electron chi connectivity index (χ3n) is 6.44. The largest absolute Gasteiger partial charge is 0.338 e. The number of carbonyl (C=O) groups is 1. The van der Waals surface area contributed by atoms with Gasteiger partial charge in [-0.1, -0.05) is 18.2 Å². The Balaban J connectivity index is 0.00000259. The number of benzene rings is 2. The number of fused-ring (bicyclic) bond motifs is 2. The summed E-state index contributed by atoms with van der Waals surface area (Å²) in [6, 6.07) is 16.2. The molecule has 7 nitrogen and oxygen atoms in total. The lowest BCUT2D eigenvalue weighted by Crippen LogP contribution is -2.45. The van der Waals surface area contributed by atoms with Crippen LogP contribution in [0.3, 0.4) is 0 Å². The van der Waals surface area contributed by atoms with Crippen molar-refractivity contribution in [2.24, 2.45) is 12.8 Å². The van der Waals surface area contributed by atoms with Crippen LogP contribution in [0, 0.1) is 11.3 Å². The summed E-state index contributed by atoms with van der Waals surface area (Å²) < 4.78 is 4.18. The van der Waals surface area contributed by atoms with Gasteiger partial charge in [0.1, 0.15) is 6.07 Å². The van der Waals surface area contributed by atoms with Crippen LogP contribution in [0.5, 0.6) is 0 Å². The predicted molar refractivity (Wildman–Crippen MR) is 132 cm³/mol. The molecular formula is C25H27ClN6O. The molecule has 1 aliphatic rings. The number of likely N-dealkylation sites (tertiary alicyclic amines) is 1. The van der Waals surface area contributed by atoms with Gasteiger partial charge in [0.25, 0.3) is 5.91 Å². The molecule has 1 amide bonds. The third-order valence-corrected chi connectivity index (χ3v) is 6.44. The molecule has 2 aromatic heterocycles. The second kappa shape index (κ2) is 8.89. The summed E-state index contributed by atoms with van der Waals surface area (Å²) in [6.07, 6.45) is 1.83. The molecule has 0 aliphatic carbocycles. The van der Waals surface area contributed by atoms with Crippen molar-refractivity contribution in [2.45, 2.75) is 32.4 Å². The number of amides is 1. The van der Waals surface area contributed by atoms with Crippen LogP contribution < -0.4 is 5.73 Å². The number of nitriles is 1. The number of aryl methyl sites for hydroxylation is 2. The minimum absolute atomic E-state index is 0. The van der Waals surface area contributed by atoms with Crippen molar-refractivity contribution in [1.29, 1.82) is 5.26 Å². The van der Waals surface area contributed by atoms with Gasteiger partial charge in [-0.05, 0) is 44.0 Å². The van der Waals surface area contributed by atoms with E-state index in [0.29, 0.717) is 29.7 Å². The molecule has 0 bridgehead atoms. The minimum atomic E-state index is -0.0894. The average molecular weight is 463 g/mol. The summed E-state index contributed by atoms with van der Waals surface area (Å²) in [5.74, 6) is 0.688. The minimum Gasteiger partial charge on any atom is -0.338 e. The zero-order valence-corrected chi connectivity index (χ0v) is 19.6. The van der Waals surface area contributed by atoms with Gasteiger partial charge < -0.3 is 19.8 Å². The Morgan fingerprint density at radius 3 is 2.79 bits per heavy atom. The highest BCUT2D eigenvalue weighted by molar-refractivity contribution is 6.00. The van der Waals surface area contributed by atoms with E-state index in [1.54, 1.807) is 17.0 Å². The molecule has 1 atom stereocenters. The summed E-state index contributed by atoms with van der Waals surface area (Å²) in [7, 11) is 1.92. The van der Waals surface area contributed by atoms with Crippen molar-refractivity contribution >= 4 is 40.3 Å². The van der Waals surface area contributed by atoms with Crippen molar-refractivity contribution in [3.8, 4) is 17.6 Å². The first-order valence-corrected chi connectivity index (χ1v) is 11.1. The maximum absolute atomic E-state index is 13.2. The number of para-hydroxylation sites is 1. The van der Waals surface area contributed by atoms with E-state index in [0.717, 1.165) is 47.3 Å². The lowest BCUT2D eigenvalue weighted by Gasteiger charge is -2.30. The molecule has 1 fully saturated rings. The molecule has 2 N–H and O–H groups in total. The van der Waals surface area contributed by atoms with Gasteiger partial charge in [-0.2, -0.15) is 5.26 Å². The van der Waals surface area contributed by atoms with Gasteiger partial charge in [0, 0.05) is 49.2 Å². The molecule has 0 radical (unpaired) electrons. The van der Waals surface area contributed by atoms with E-state index in [-0.39, 0.29) is 24.4 Å². The number of nitrogens with zero attached hydrogens (tertiary/aromatic N) is 5. The van der Waals surface area contributed by atoms with Crippen LogP contribution in [-0.2, 0) is 13.6 Å². The Labute approximate surface area is 198 Å². The van der Waals surface area contributed by atoms with E-state index in [2.05, 4.69) is 35.8 Å². The van der Waals surface area contributed by atoms with Crippen LogP contribution in [0.25, 0.3) is 33.5 Å². The van der Waals surface area contributed by atoms with Gasteiger partial charge in [-0.25, -0.2) is 4.98 Å². The van der Waals surface area contributed by atoms with Gasteiger partial charge in [-0.15, -0.1) is 12.4 Å². The van der Waals surface area contributed by atoms with Gasteiger partial charge in [0.2, 0.25) is 0 Å². The second-order valence-electron chi connectivity index (χ2n) is 8.48. The number of halogens is 1. The van der Waals surface area contributed by atoms with E-state index in [9.17, 15) is 10.1 Å². The Kier molecular flexibility index (Phi) is 6.15. The normalized spacial score (nSPS) is 16.1. The number of piperidine rings is 1. The monoisotopic (exact) mass is 462 g/mol. The topological polar surface area (TPSA) is 92.9 Å². The SMILES string of the molecule is CCn1c(-c2nc3cc(C(=O)N4CCC[C@@H](N)C4)cc(C#N)c3n2C)cc2ccccc21.Cl. The van der Waals surface area contributed by atoms with Crippen LogP contribution in [0.1, 0.15) is 35.7 Å². The van der Waals surface area contributed by atoms with Crippen LogP contribution in [0.4, 0.5) is 0 Å². The zero-order chi connectivity index (χ0) is 22.4. The zero-order valence-electron chi connectivity index (χ0n) is 18.8. The summed E-state index contributed by atoms with van der Waals surface area (Å²) in [4.78, 5) is 19.8. The van der Waals surface area contributed by atoms with Crippen LogP contribution in [-0.4, -0.2) is 44.1 Å². The molecule has 8 heteroatoms. The van der Waals surface area contributed by atoms with Crippen molar-refractivity contribution in [2.75, 3.05) is 13.1 Å². The second-order valence-corrected chi connectivity index (χ2v) is 8.48. The maximum atomic E-state index is 13.2. The highest BCUT2D eigenvalue weighted by atomic mass is 35.5. The lowest BCUT2D eigenvalue weighted by molar-refractivity contribution is 0.0709. The molecule has 170 valence electrons. The first kappa shape index (κ1) is 22.8. The quantitative estimate of drug-likeness (QED) is 0.496. The van der Waals surface area contributed by atoms with Crippen molar-refractivity contribution < 1.29 is 4.79 Å². The fourth-order valence-electron chi connectivity index (χ4n) is 4.90. The van der Waals surface area contributed by atoms with Gasteiger partial charge in [-0.3, -0.25) is 4.79 Å². The Morgan fingerprint density at radius 1 is 1.27 bits per heavy atom. The molecule has 0 spiro atoms. The summed E-state index contributed by atoms with van der Waals surface area (Å²) >= 11 is 0. The number of hydrogen-bond acceptors (Lipinski definition) is 4. The molecule has 3 heterocycles. The Morgan fingerprint density at radius 2 is 2.06 bits per heavy atom. The number of hydrogen-bond donors (Lipinski definition) is 1. The van der Waals surface area contributed by atoms with E-state index in [4.69, 9.17) is 10.7 Å². The summed E-state index contributed by atoms with van der Waals surface area (Å²) in [5.41, 5.74) is 10.5. The molecule has 5 rings (SSSR count). The first-order valence-electron chi connectivity index (χ1n) is 11.1. The van der Waals surface area contributed by atoms with Crippen molar-refractivity contribution in [1.82, 2.24) is 19.0 Å². The fourth-order valence-corrected chi connectivity index (χ4v) is 4.90. The molecular weight excluding hydrogens is 436 g/mol. The number of rotatable bonds is 3. The molecule has 1 aliphatic heterocycles. The molecule has 0 unspecified atom stereocenters. The Hall–Kier alpha value is -3.34. The number of carbonyl (C=O) groups excluding carboxylic acids is 1. The van der Waals surface area contributed by atoms with E-state index in [1.165, 1.54) is 0 Å². The molecule has 0 saturated carbocycles. The smallest absolute Gasteiger partial charge is 0.254 e. The number of aromatic nitrogens is 3. The van der Waals surface area contributed by atoms with E-state index < -0.39 is 0 Å². The van der Waals surface area contributed by atoms with Crippen molar-refractivity contribution in [3.05, 3.63) is 53.6 Å². The predicted octanol–water partition coefficient (Wildman–Crippen LogP) is 4.07. The standard InChI is InChI=1S/C25H26N6O.ClH/c1-3-31-21-9-5-4-7-16(21)13-22(31)24-28-20-12-17(11-18(14-26)23(20)29(24)2)25(32)30-10-6-8-19(27)15-30;/h4-5,7,9,11-13,19H,3,6,8,10,15,27H2,1-2H3;1H/t19-;/m1./s1. The molecule has 2 aromatic carbocycles. The van der Waals surface area contributed by atoms with Crippen LogP contribution in [0.15, 0.2) is 42.5 Å². The first-order chi connectivity index (χ1) is 15.5. The van der Waals surface area contributed by atoms with E-state index in [1.807, 2.05) is 23.7 Å². The van der Waals surface area contributed by atoms with E-state index >= 15 is 0 Å². The summed E-state index contributed by atoms with van der Waals surface area (Å²) in [5, 5.41) is 11.0. The number of imidazole rings is 1. The van der Waals surface area contributed by atoms with Gasteiger partial charge in [0.05, 0.1) is 22.3 Å². The molecule has 33 heavy (non-hydrogen) atoms. The maximum Gasteiger partial charge on any atom is 0.254 e.